The van der Waals surface area contributed by atoms with Crippen molar-refractivity contribution in [2.45, 2.75) is 37.8 Å². The largest absolute Gasteiger partial charge is 0.495 e. The third kappa shape index (κ3) is 3.61. The molecule has 104 valence electrons. The third-order valence-corrected chi connectivity index (χ3v) is 3.40. The molecule has 1 aliphatic rings. The Morgan fingerprint density at radius 3 is 2.79 bits per heavy atom. The average Bonchev–Trinajstić information content (AvgIpc) is 2.42. The third-order valence-electron chi connectivity index (χ3n) is 3.40. The summed E-state index contributed by atoms with van der Waals surface area (Å²) in [7, 11) is 1.56. The molecule has 1 fully saturated rings. The highest BCUT2D eigenvalue weighted by molar-refractivity contribution is 5.91. The van der Waals surface area contributed by atoms with E-state index in [1.54, 1.807) is 19.2 Å². The van der Waals surface area contributed by atoms with Crippen LogP contribution in [0.2, 0.25) is 0 Å². The number of carbonyl (C=O) groups is 1. The van der Waals surface area contributed by atoms with Crippen molar-refractivity contribution in [2.24, 2.45) is 0 Å². The fourth-order valence-corrected chi connectivity index (χ4v) is 2.35. The molecule has 1 saturated carbocycles. The molecule has 5 heteroatoms. The van der Waals surface area contributed by atoms with Crippen molar-refractivity contribution in [3.8, 4) is 5.75 Å². The molecule has 0 radical (unpaired) electrons. The molecule has 0 spiro atoms. The molecule has 19 heavy (non-hydrogen) atoms. The Bertz CT molecular complexity index is 436. The number of urea groups is 1. The molecule has 2 atom stereocenters. The van der Waals surface area contributed by atoms with E-state index in [1.807, 2.05) is 12.1 Å². The molecule has 2 amide bonds. The van der Waals surface area contributed by atoms with Crippen LogP contribution in [0.3, 0.4) is 0 Å². The van der Waals surface area contributed by atoms with Gasteiger partial charge < -0.3 is 20.5 Å². The van der Waals surface area contributed by atoms with E-state index < -0.39 is 6.10 Å². The van der Waals surface area contributed by atoms with Crippen LogP contribution in [0.4, 0.5) is 10.5 Å². The quantitative estimate of drug-likeness (QED) is 0.783. The normalized spacial score (nSPS) is 22.6. The van der Waals surface area contributed by atoms with Gasteiger partial charge in [0.05, 0.1) is 24.9 Å². The number of hydrogen-bond donors (Lipinski definition) is 3. The Balaban J connectivity index is 1.93. The van der Waals surface area contributed by atoms with Crippen LogP contribution < -0.4 is 15.4 Å². The predicted molar refractivity (Wildman–Crippen MR) is 73.4 cm³/mol. The Morgan fingerprint density at radius 1 is 1.32 bits per heavy atom. The summed E-state index contributed by atoms with van der Waals surface area (Å²) in [6.45, 7) is 0. The van der Waals surface area contributed by atoms with E-state index >= 15 is 0 Å². The number of nitrogens with one attached hydrogen (secondary N) is 2. The number of aliphatic hydroxyl groups is 1. The number of aliphatic hydroxyl groups excluding tert-OH is 1. The number of anilines is 1. The second-order valence-corrected chi connectivity index (χ2v) is 4.76. The molecule has 1 aromatic carbocycles. The number of methoxy groups -OCH3 is 1. The van der Waals surface area contributed by atoms with Crippen LogP contribution in [0.15, 0.2) is 24.3 Å². The first kappa shape index (κ1) is 13.7. The highest BCUT2D eigenvalue weighted by Gasteiger charge is 2.24. The molecular weight excluding hydrogens is 244 g/mol. The van der Waals surface area contributed by atoms with Gasteiger partial charge in [0.15, 0.2) is 0 Å². The van der Waals surface area contributed by atoms with Crippen molar-refractivity contribution in [2.75, 3.05) is 12.4 Å². The molecule has 3 N–H and O–H groups in total. The molecule has 0 bridgehead atoms. The van der Waals surface area contributed by atoms with Crippen LogP contribution in [0.25, 0.3) is 0 Å². The number of amides is 2. The number of carbonyl (C=O) groups excluding carboxylic acids is 1. The lowest BCUT2D eigenvalue weighted by atomic mass is 9.93. The highest BCUT2D eigenvalue weighted by atomic mass is 16.5. The molecular formula is C14H20N2O3. The second-order valence-electron chi connectivity index (χ2n) is 4.76. The van der Waals surface area contributed by atoms with Crippen molar-refractivity contribution < 1.29 is 14.6 Å². The maximum Gasteiger partial charge on any atom is 0.319 e. The zero-order valence-corrected chi connectivity index (χ0v) is 11.1. The standard InChI is InChI=1S/C14H20N2O3/c1-19-13-9-5-3-7-11(13)16-14(18)15-10-6-2-4-8-12(10)17/h3,5,7,9-10,12,17H,2,4,6,8H2,1H3,(H2,15,16,18)/t10-,12-/m1/s1. The fourth-order valence-electron chi connectivity index (χ4n) is 2.35. The van der Waals surface area contributed by atoms with Gasteiger partial charge in [0.25, 0.3) is 0 Å². The van der Waals surface area contributed by atoms with Crippen molar-refractivity contribution in [3.63, 3.8) is 0 Å². The Labute approximate surface area is 113 Å². The first-order chi connectivity index (χ1) is 9.20. The van der Waals surface area contributed by atoms with Gasteiger partial charge in [-0.15, -0.1) is 0 Å². The van der Waals surface area contributed by atoms with Gasteiger partial charge in [0.1, 0.15) is 5.75 Å². The van der Waals surface area contributed by atoms with Gasteiger partial charge in [-0.2, -0.15) is 0 Å². The summed E-state index contributed by atoms with van der Waals surface area (Å²) in [6.07, 6.45) is 3.18. The maximum atomic E-state index is 11.9. The summed E-state index contributed by atoms with van der Waals surface area (Å²) in [5.74, 6) is 0.613. The van der Waals surface area contributed by atoms with Crippen molar-refractivity contribution in [1.82, 2.24) is 5.32 Å². The van der Waals surface area contributed by atoms with E-state index in [4.69, 9.17) is 4.74 Å². The van der Waals surface area contributed by atoms with Gasteiger partial charge >= 0.3 is 6.03 Å². The van der Waals surface area contributed by atoms with Crippen molar-refractivity contribution in [1.29, 1.82) is 0 Å². The molecule has 5 nitrogen and oxygen atoms in total. The molecule has 0 heterocycles. The second kappa shape index (κ2) is 6.43. The lowest BCUT2D eigenvalue weighted by molar-refractivity contribution is 0.0955. The number of benzene rings is 1. The monoisotopic (exact) mass is 264 g/mol. The van der Waals surface area contributed by atoms with Gasteiger partial charge in [-0.05, 0) is 25.0 Å². The topological polar surface area (TPSA) is 70.6 Å². The molecule has 1 aromatic rings. The van der Waals surface area contributed by atoms with Crippen LogP contribution in [0.1, 0.15) is 25.7 Å². The summed E-state index contributed by atoms with van der Waals surface area (Å²) in [6, 6.07) is 6.75. The Kier molecular flexibility index (Phi) is 4.63. The molecule has 1 aliphatic carbocycles. The minimum atomic E-state index is -0.447. The smallest absolute Gasteiger partial charge is 0.319 e. The minimum absolute atomic E-state index is 0.163. The van der Waals surface area contributed by atoms with Gasteiger partial charge in [-0.3, -0.25) is 0 Å². The Hall–Kier alpha value is -1.75. The number of rotatable bonds is 3. The first-order valence-corrected chi connectivity index (χ1v) is 6.59. The summed E-state index contributed by atoms with van der Waals surface area (Å²) in [4.78, 5) is 11.9. The molecule has 0 unspecified atom stereocenters. The number of ether oxygens (including phenoxy) is 1. The number of hydrogen-bond acceptors (Lipinski definition) is 3. The van der Waals surface area contributed by atoms with E-state index in [9.17, 15) is 9.90 Å². The Morgan fingerprint density at radius 2 is 2.05 bits per heavy atom. The summed E-state index contributed by atoms with van der Waals surface area (Å²) in [5, 5.41) is 15.4. The van der Waals surface area contributed by atoms with Crippen LogP contribution >= 0.6 is 0 Å². The van der Waals surface area contributed by atoms with E-state index in [0.29, 0.717) is 11.4 Å². The summed E-state index contributed by atoms with van der Waals surface area (Å²) < 4.78 is 5.17. The van der Waals surface area contributed by atoms with Gasteiger partial charge in [-0.25, -0.2) is 4.79 Å². The first-order valence-electron chi connectivity index (χ1n) is 6.59. The zero-order chi connectivity index (χ0) is 13.7. The summed E-state index contributed by atoms with van der Waals surface area (Å²) >= 11 is 0. The van der Waals surface area contributed by atoms with Gasteiger partial charge in [-0.1, -0.05) is 25.0 Å². The highest BCUT2D eigenvalue weighted by Crippen LogP contribution is 2.23. The molecule has 0 saturated heterocycles. The van der Waals surface area contributed by atoms with Crippen LogP contribution in [-0.2, 0) is 0 Å². The predicted octanol–water partition coefficient (Wildman–Crippen LogP) is 2.12. The lowest BCUT2D eigenvalue weighted by Crippen LogP contribution is -2.46. The molecule has 0 aromatic heterocycles. The fraction of sp³-hybridized carbons (Fsp3) is 0.500. The van der Waals surface area contributed by atoms with E-state index in [0.717, 1.165) is 25.7 Å². The van der Waals surface area contributed by atoms with E-state index in [1.165, 1.54) is 0 Å². The number of para-hydroxylation sites is 2. The van der Waals surface area contributed by atoms with Crippen LogP contribution in [0, 0.1) is 0 Å². The minimum Gasteiger partial charge on any atom is -0.495 e. The van der Waals surface area contributed by atoms with E-state index in [-0.39, 0.29) is 12.1 Å². The van der Waals surface area contributed by atoms with Gasteiger partial charge in [0.2, 0.25) is 0 Å². The SMILES string of the molecule is COc1ccccc1NC(=O)N[C@@H]1CCCC[C@H]1O. The zero-order valence-electron chi connectivity index (χ0n) is 11.1. The van der Waals surface area contributed by atoms with Crippen molar-refractivity contribution in [3.05, 3.63) is 24.3 Å². The van der Waals surface area contributed by atoms with Gasteiger partial charge in [0, 0.05) is 0 Å². The van der Waals surface area contributed by atoms with Crippen molar-refractivity contribution >= 4 is 11.7 Å². The van der Waals surface area contributed by atoms with Crippen LogP contribution in [-0.4, -0.2) is 30.4 Å². The average molecular weight is 264 g/mol. The lowest BCUT2D eigenvalue weighted by Gasteiger charge is -2.28. The molecule has 2 rings (SSSR count). The van der Waals surface area contributed by atoms with E-state index in [2.05, 4.69) is 10.6 Å². The molecule has 0 aliphatic heterocycles. The van der Waals surface area contributed by atoms with Crippen LogP contribution in [0.5, 0.6) is 5.75 Å². The maximum absolute atomic E-state index is 11.9. The summed E-state index contributed by atoms with van der Waals surface area (Å²) in [5.41, 5.74) is 0.618.